The average Bonchev–Trinajstić information content (AvgIpc) is 3.53. The van der Waals surface area contributed by atoms with Crippen molar-refractivity contribution in [2.24, 2.45) is 11.3 Å². The third kappa shape index (κ3) is 2.15. The molecule has 1 spiro atoms. The second-order valence-electron chi connectivity index (χ2n) is 8.02. The van der Waals surface area contributed by atoms with E-state index in [1.807, 2.05) is 4.90 Å². The second kappa shape index (κ2) is 4.81. The maximum atomic E-state index is 13.7. The van der Waals surface area contributed by atoms with E-state index in [4.69, 9.17) is 0 Å². The van der Waals surface area contributed by atoms with Gasteiger partial charge < -0.3 is 10.2 Å². The average molecular weight is 348 g/mol. The van der Waals surface area contributed by atoms with Crippen LogP contribution in [0.4, 0.5) is 4.39 Å². The molecule has 0 radical (unpaired) electrons. The van der Waals surface area contributed by atoms with Crippen LogP contribution in [0, 0.1) is 17.2 Å². The lowest BCUT2D eigenvalue weighted by Gasteiger charge is -2.33. The van der Waals surface area contributed by atoms with Gasteiger partial charge in [-0.25, -0.2) is 4.39 Å². The molecule has 128 valence electrons. The normalized spacial score (nSPS) is 31.1. The van der Waals surface area contributed by atoms with Gasteiger partial charge in [-0.1, -0.05) is 0 Å². The molecule has 4 nitrogen and oxygen atoms in total. The van der Waals surface area contributed by atoms with Gasteiger partial charge in [-0.3, -0.25) is 9.59 Å². The molecule has 2 atom stereocenters. The Kier molecular flexibility index (Phi) is 2.98. The van der Waals surface area contributed by atoms with Crippen LogP contribution >= 0.6 is 11.3 Å². The van der Waals surface area contributed by atoms with Crippen LogP contribution in [-0.4, -0.2) is 34.8 Å². The summed E-state index contributed by atoms with van der Waals surface area (Å²) in [5.74, 6) is -0.247. The van der Waals surface area contributed by atoms with Crippen LogP contribution in [0.3, 0.4) is 0 Å². The van der Waals surface area contributed by atoms with Gasteiger partial charge in [0.2, 0.25) is 5.91 Å². The summed E-state index contributed by atoms with van der Waals surface area (Å²) < 4.78 is 13.7. The van der Waals surface area contributed by atoms with Crippen molar-refractivity contribution in [1.29, 1.82) is 0 Å². The summed E-state index contributed by atoms with van der Waals surface area (Å²) in [5, 5.41) is 4.67. The van der Waals surface area contributed by atoms with Crippen molar-refractivity contribution in [3.05, 3.63) is 22.1 Å². The Morgan fingerprint density at radius 3 is 2.67 bits per heavy atom. The quantitative estimate of drug-likeness (QED) is 0.909. The number of hydrogen-bond donors (Lipinski definition) is 1. The molecule has 24 heavy (non-hydrogen) atoms. The largest absolute Gasteiger partial charge is 0.344 e. The third-order valence-electron chi connectivity index (χ3n) is 6.53. The molecule has 1 aromatic rings. The molecule has 2 heterocycles. The van der Waals surface area contributed by atoms with Gasteiger partial charge in [-0.2, -0.15) is 0 Å². The van der Waals surface area contributed by atoms with Gasteiger partial charge >= 0.3 is 0 Å². The summed E-state index contributed by atoms with van der Waals surface area (Å²) in [4.78, 5) is 27.5. The molecule has 1 aromatic heterocycles. The molecule has 4 fully saturated rings. The highest BCUT2D eigenvalue weighted by molar-refractivity contribution is 7.12. The summed E-state index contributed by atoms with van der Waals surface area (Å²) in [6, 6.07) is 1.42. The summed E-state index contributed by atoms with van der Waals surface area (Å²) in [5.41, 5.74) is 0.0373. The van der Waals surface area contributed by atoms with Crippen LogP contribution in [0.15, 0.2) is 11.4 Å². The molecule has 5 rings (SSSR count). The lowest BCUT2D eigenvalue weighted by molar-refractivity contribution is -0.134. The van der Waals surface area contributed by atoms with Crippen LogP contribution in [-0.2, 0) is 4.79 Å². The zero-order chi connectivity index (χ0) is 16.5. The van der Waals surface area contributed by atoms with Gasteiger partial charge in [0.15, 0.2) is 0 Å². The topological polar surface area (TPSA) is 49.4 Å². The zero-order valence-electron chi connectivity index (χ0n) is 13.5. The Morgan fingerprint density at radius 1 is 1.29 bits per heavy atom. The number of hydrogen-bond acceptors (Lipinski definition) is 3. The Balaban J connectivity index is 1.32. The molecule has 0 aromatic carbocycles. The second-order valence-corrected chi connectivity index (χ2v) is 8.93. The maximum absolute atomic E-state index is 13.7. The number of halogens is 1. The first kappa shape index (κ1) is 14.9. The number of amides is 2. The lowest BCUT2D eigenvalue weighted by atomic mass is 10.0. The monoisotopic (exact) mass is 348 g/mol. The minimum Gasteiger partial charge on any atom is -0.344 e. The van der Waals surface area contributed by atoms with Gasteiger partial charge in [-0.05, 0) is 61.8 Å². The zero-order valence-corrected chi connectivity index (χ0v) is 14.3. The predicted octanol–water partition coefficient (Wildman–Crippen LogP) is 2.94. The van der Waals surface area contributed by atoms with Gasteiger partial charge in [0.1, 0.15) is 10.7 Å². The molecular weight excluding hydrogens is 327 g/mol. The highest BCUT2D eigenvalue weighted by Crippen LogP contribution is 2.71. The van der Waals surface area contributed by atoms with Gasteiger partial charge in [0.25, 0.3) is 5.91 Å². The molecular formula is C18H21FN2O2S. The number of rotatable bonds is 4. The van der Waals surface area contributed by atoms with E-state index >= 15 is 0 Å². The fourth-order valence-corrected chi connectivity index (χ4v) is 5.29. The van der Waals surface area contributed by atoms with E-state index in [0.717, 1.165) is 50.0 Å². The Labute approximate surface area is 144 Å². The van der Waals surface area contributed by atoms with Crippen molar-refractivity contribution >= 4 is 23.2 Å². The van der Waals surface area contributed by atoms with Crippen molar-refractivity contribution < 1.29 is 14.0 Å². The van der Waals surface area contributed by atoms with Crippen molar-refractivity contribution in [3.63, 3.8) is 0 Å². The Hall–Kier alpha value is -1.43. The molecule has 3 aliphatic carbocycles. The van der Waals surface area contributed by atoms with E-state index < -0.39 is 5.82 Å². The standard InChI is InChI=1S/C18H21FN2O2S/c19-12-3-9-24-14(12)15(22)20-18(6-7-18)13-2-1-8-21(13)16(23)11-10-17(11)4-5-17/h3,9,11,13H,1-2,4-8,10H2,(H,20,22). The molecule has 1 N–H and O–H groups in total. The molecule has 0 bridgehead atoms. The number of nitrogens with one attached hydrogen (secondary N) is 1. The summed E-state index contributed by atoms with van der Waals surface area (Å²) in [7, 11) is 0. The van der Waals surface area contributed by atoms with Crippen LogP contribution in [0.5, 0.6) is 0 Å². The first-order chi connectivity index (χ1) is 11.5. The molecule has 6 heteroatoms. The van der Waals surface area contributed by atoms with Gasteiger partial charge in [0, 0.05) is 12.5 Å². The molecule has 1 aliphatic heterocycles. The fourth-order valence-electron chi connectivity index (χ4n) is 4.63. The minimum atomic E-state index is -0.457. The van der Waals surface area contributed by atoms with Crippen molar-refractivity contribution in [1.82, 2.24) is 10.2 Å². The SMILES string of the molecule is O=C(NC1(C2CCCN2C(=O)C2CC23CC3)CC1)c1sccc1F. The third-order valence-corrected chi connectivity index (χ3v) is 7.42. The fraction of sp³-hybridized carbons (Fsp3) is 0.667. The highest BCUT2D eigenvalue weighted by Gasteiger charge is 2.67. The first-order valence-corrected chi connectivity index (χ1v) is 9.79. The Morgan fingerprint density at radius 2 is 2.08 bits per heavy atom. The van der Waals surface area contributed by atoms with E-state index in [2.05, 4.69) is 5.32 Å². The van der Waals surface area contributed by atoms with Crippen molar-refractivity contribution in [3.8, 4) is 0 Å². The van der Waals surface area contributed by atoms with Gasteiger partial charge in [0.05, 0.1) is 11.6 Å². The molecule has 4 aliphatic rings. The number of thiophene rings is 1. The van der Waals surface area contributed by atoms with Gasteiger partial charge in [-0.15, -0.1) is 11.3 Å². The number of likely N-dealkylation sites (tertiary alicyclic amines) is 1. The van der Waals surface area contributed by atoms with Crippen LogP contribution in [0.25, 0.3) is 0 Å². The van der Waals surface area contributed by atoms with Crippen LogP contribution in [0.2, 0.25) is 0 Å². The van der Waals surface area contributed by atoms with E-state index in [9.17, 15) is 14.0 Å². The van der Waals surface area contributed by atoms with E-state index in [1.165, 1.54) is 18.9 Å². The van der Waals surface area contributed by atoms with Crippen molar-refractivity contribution in [2.75, 3.05) is 6.54 Å². The summed E-state index contributed by atoms with van der Waals surface area (Å²) >= 11 is 1.13. The molecule has 1 saturated heterocycles. The Bertz CT molecular complexity index is 722. The highest BCUT2D eigenvalue weighted by atomic mass is 32.1. The lowest BCUT2D eigenvalue weighted by Crippen LogP contribution is -2.53. The van der Waals surface area contributed by atoms with Crippen LogP contribution in [0.1, 0.15) is 54.6 Å². The molecule has 2 amide bonds. The van der Waals surface area contributed by atoms with Crippen LogP contribution < -0.4 is 5.32 Å². The number of carbonyl (C=O) groups is 2. The maximum Gasteiger partial charge on any atom is 0.264 e. The number of nitrogens with zero attached hydrogens (tertiary/aromatic N) is 1. The van der Waals surface area contributed by atoms with E-state index in [1.54, 1.807) is 5.38 Å². The first-order valence-electron chi connectivity index (χ1n) is 8.91. The number of carbonyl (C=O) groups excluding carboxylic acids is 2. The predicted molar refractivity (Wildman–Crippen MR) is 88.2 cm³/mol. The van der Waals surface area contributed by atoms with Crippen molar-refractivity contribution in [2.45, 2.75) is 56.5 Å². The summed E-state index contributed by atoms with van der Waals surface area (Å²) in [6.45, 7) is 0.807. The smallest absolute Gasteiger partial charge is 0.264 e. The summed E-state index contributed by atoms with van der Waals surface area (Å²) in [6.07, 6.45) is 7.20. The van der Waals surface area contributed by atoms with E-state index in [-0.39, 0.29) is 28.3 Å². The minimum absolute atomic E-state index is 0.0911. The van der Waals surface area contributed by atoms with E-state index in [0.29, 0.717) is 11.3 Å². The molecule has 2 unspecified atom stereocenters. The molecule has 3 saturated carbocycles.